The SMILES string of the molecule is CCC(O)(CC)C1(N)CC(C)(C)C1. The van der Waals surface area contributed by atoms with E-state index in [-0.39, 0.29) is 5.54 Å². The summed E-state index contributed by atoms with van der Waals surface area (Å²) in [5.74, 6) is 0. The zero-order valence-corrected chi connectivity index (χ0v) is 9.35. The van der Waals surface area contributed by atoms with Gasteiger partial charge in [0.25, 0.3) is 0 Å². The predicted octanol–water partition coefficient (Wildman–Crippen LogP) is 2.06. The fraction of sp³-hybridized carbons (Fsp3) is 1.00. The van der Waals surface area contributed by atoms with E-state index in [1.807, 2.05) is 13.8 Å². The molecule has 0 heterocycles. The van der Waals surface area contributed by atoms with Gasteiger partial charge in [0.05, 0.1) is 5.60 Å². The Kier molecular flexibility index (Phi) is 2.50. The number of hydrogen-bond acceptors (Lipinski definition) is 2. The maximum absolute atomic E-state index is 10.3. The molecule has 0 spiro atoms. The van der Waals surface area contributed by atoms with Crippen molar-refractivity contribution in [2.24, 2.45) is 11.1 Å². The molecule has 1 rings (SSSR count). The van der Waals surface area contributed by atoms with Gasteiger partial charge in [-0.3, -0.25) is 0 Å². The second-order valence-electron chi connectivity index (χ2n) is 5.41. The van der Waals surface area contributed by atoms with Crippen LogP contribution < -0.4 is 5.73 Å². The summed E-state index contributed by atoms with van der Waals surface area (Å²) in [6.07, 6.45) is 3.41. The van der Waals surface area contributed by atoms with Gasteiger partial charge in [0.2, 0.25) is 0 Å². The summed E-state index contributed by atoms with van der Waals surface area (Å²) in [4.78, 5) is 0. The summed E-state index contributed by atoms with van der Waals surface area (Å²) < 4.78 is 0. The largest absolute Gasteiger partial charge is 0.388 e. The lowest BCUT2D eigenvalue weighted by atomic mass is 9.52. The topological polar surface area (TPSA) is 46.2 Å². The number of rotatable bonds is 3. The van der Waals surface area contributed by atoms with Gasteiger partial charge in [-0.1, -0.05) is 27.7 Å². The molecule has 78 valence electrons. The standard InChI is InChI=1S/C11H23NO/c1-5-11(13,6-2)10(12)7-9(3,4)8-10/h13H,5-8,12H2,1-4H3. The van der Waals surface area contributed by atoms with Crippen LogP contribution in [-0.4, -0.2) is 16.2 Å². The second-order valence-corrected chi connectivity index (χ2v) is 5.41. The van der Waals surface area contributed by atoms with Crippen molar-refractivity contribution in [3.8, 4) is 0 Å². The number of nitrogens with two attached hydrogens (primary N) is 1. The van der Waals surface area contributed by atoms with Crippen LogP contribution in [-0.2, 0) is 0 Å². The Hall–Kier alpha value is -0.0800. The van der Waals surface area contributed by atoms with Crippen LogP contribution >= 0.6 is 0 Å². The molecule has 1 saturated carbocycles. The lowest BCUT2D eigenvalue weighted by Gasteiger charge is -2.58. The Morgan fingerprint density at radius 2 is 1.62 bits per heavy atom. The minimum absolute atomic E-state index is 0.326. The highest BCUT2D eigenvalue weighted by Gasteiger charge is 2.56. The van der Waals surface area contributed by atoms with Crippen molar-refractivity contribution in [2.75, 3.05) is 0 Å². The Morgan fingerprint density at radius 3 is 1.85 bits per heavy atom. The van der Waals surface area contributed by atoms with Gasteiger partial charge in [-0.05, 0) is 31.1 Å². The monoisotopic (exact) mass is 185 g/mol. The molecule has 0 radical (unpaired) electrons. The van der Waals surface area contributed by atoms with E-state index < -0.39 is 5.60 Å². The molecular formula is C11H23NO. The Labute approximate surface area is 81.5 Å². The van der Waals surface area contributed by atoms with Crippen LogP contribution in [0.15, 0.2) is 0 Å². The molecule has 0 aliphatic heterocycles. The molecule has 2 nitrogen and oxygen atoms in total. The van der Waals surface area contributed by atoms with Gasteiger partial charge in [-0.25, -0.2) is 0 Å². The van der Waals surface area contributed by atoms with Crippen LogP contribution in [0.3, 0.4) is 0 Å². The molecule has 0 unspecified atom stereocenters. The summed E-state index contributed by atoms with van der Waals surface area (Å²) >= 11 is 0. The van der Waals surface area contributed by atoms with Crippen molar-refractivity contribution < 1.29 is 5.11 Å². The van der Waals surface area contributed by atoms with E-state index in [1.165, 1.54) is 0 Å². The molecule has 0 atom stereocenters. The van der Waals surface area contributed by atoms with Gasteiger partial charge < -0.3 is 10.8 Å². The number of aliphatic hydroxyl groups is 1. The Balaban J connectivity index is 2.72. The van der Waals surface area contributed by atoms with Gasteiger partial charge in [-0.2, -0.15) is 0 Å². The maximum Gasteiger partial charge on any atom is 0.0821 e. The van der Waals surface area contributed by atoms with Crippen LogP contribution in [0.1, 0.15) is 53.4 Å². The van der Waals surface area contributed by atoms with Gasteiger partial charge >= 0.3 is 0 Å². The van der Waals surface area contributed by atoms with E-state index in [2.05, 4.69) is 13.8 Å². The Morgan fingerprint density at radius 1 is 1.23 bits per heavy atom. The molecule has 2 heteroatoms. The van der Waals surface area contributed by atoms with E-state index >= 15 is 0 Å². The lowest BCUT2D eigenvalue weighted by molar-refractivity contribution is -0.120. The van der Waals surface area contributed by atoms with Crippen LogP contribution in [0.5, 0.6) is 0 Å². The Bertz CT molecular complexity index is 186. The maximum atomic E-state index is 10.3. The first-order valence-electron chi connectivity index (χ1n) is 5.30. The minimum atomic E-state index is -0.650. The van der Waals surface area contributed by atoms with Gasteiger partial charge in [0.15, 0.2) is 0 Å². The molecule has 0 aromatic rings. The highest BCUT2D eigenvalue weighted by Crippen LogP contribution is 2.52. The molecule has 0 amide bonds. The van der Waals surface area contributed by atoms with E-state index in [9.17, 15) is 5.11 Å². The molecule has 0 bridgehead atoms. The van der Waals surface area contributed by atoms with Crippen LogP contribution in [0, 0.1) is 5.41 Å². The molecule has 0 saturated heterocycles. The van der Waals surface area contributed by atoms with Crippen molar-refractivity contribution in [1.82, 2.24) is 0 Å². The van der Waals surface area contributed by atoms with Crippen molar-refractivity contribution in [2.45, 2.75) is 64.5 Å². The van der Waals surface area contributed by atoms with E-state index in [4.69, 9.17) is 5.73 Å². The summed E-state index contributed by atoms with van der Waals surface area (Å²) in [6.45, 7) is 8.46. The summed E-state index contributed by atoms with van der Waals surface area (Å²) in [6, 6.07) is 0. The summed E-state index contributed by atoms with van der Waals surface area (Å²) in [5.41, 5.74) is 5.57. The summed E-state index contributed by atoms with van der Waals surface area (Å²) in [5, 5.41) is 10.3. The predicted molar refractivity (Wildman–Crippen MR) is 55.5 cm³/mol. The first kappa shape index (κ1) is 11.0. The van der Waals surface area contributed by atoms with Crippen molar-refractivity contribution in [3.63, 3.8) is 0 Å². The molecule has 3 N–H and O–H groups in total. The highest BCUT2D eigenvalue weighted by atomic mass is 16.3. The van der Waals surface area contributed by atoms with Gasteiger partial charge in [0, 0.05) is 5.54 Å². The smallest absolute Gasteiger partial charge is 0.0821 e. The molecule has 1 aliphatic rings. The highest BCUT2D eigenvalue weighted by molar-refractivity contribution is 5.13. The first-order valence-corrected chi connectivity index (χ1v) is 5.30. The third-order valence-corrected chi connectivity index (χ3v) is 3.68. The van der Waals surface area contributed by atoms with Crippen LogP contribution in [0.2, 0.25) is 0 Å². The van der Waals surface area contributed by atoms with Crippen molar-refractivity contribution in [3.05, 3.63) is 0 Å². The fourth-order valence-electron chi connectivity index (χ4n) is 2.94. The van der Waals surface area contributed by atoms with Crippen molar-refractivity contribution >= 4 is 0 Å². The molecule has 0 aromatic heterocycles. The van der Waals surface area contributed by atoms with Crippen LogP contribution in [0.4, 0.5) is 0 Å². The van der Waals surface area contributed by atoms with Crippen molar-refractivity contribution in [1.29, 1.82) is 0 Å². The van der Waals surface area contributed by atoms with E-state index in [1.54, 1.807) is 0 Å². The molecule has 13 heavy (non-hydrogen) atoms. The van der Waals surface area contributed by atoms with E-state index in [0.717, 1.165) is 25.7 Å². The number of hydrogen-bond donors (Lipinski definition) is 2. The normalized spacial score (nSPS) is 25.4. The molecule has 1 aliphatic carbocycles. The fourth-order valence-corrected chi connectivity index (χ4v) is 2.94. The summed E-state index contributed by atoms with van der Waals surface area (Å²) in [7, 11) is 0. The second kappa shape index (κ2) is 2.96. The molecule has 1 fully saturated rings. The van der Waals surface area contributed by atoms with Gasteiger partial charge in [0.1, 0.15) is 0 Å². The first-order chi connectivity index (χ1) is 5.79. The zero-order chi connectivity index (χ0) is 10.3. The average molecular weight is 185 g/mol. The quantitative estimate of drug-likeness (QED) is 0.707. The van der Waals surface area contributed by atoms with Crippen LogP contribution in [0.25, 0.3) is 0 Å². The third-order valence-electron chi connectivity index (χ3n) is 3.68. The zero-order valence-electron chi connectivity index (χ0n) is 9.35. The van der Waals surface area contributed by atoms with Gasteiger partial charge in [-0.15, -0.1) is 0 Å². The van der Waals surface area contributed by atoms with E-state index in [0.29, 0.717) is 5.41 Å². The molecule has 0 aromatic carbocycles. The minimum Gasteiger partial charge on any atom is -0.388 e. The lowest BCUT2D eigenvalue weighted by Crippen LogP contribution is -2.69. The average Bonchev–Trinajstić information content (AvgIpc) is 1.99. The molecular weight excluding hydrogens is 162 g/mol. The third kappa shape index (κ3) is 1.62.